The van der Waals surface area contributed by atoms with Crippen LogP contribution in [-0.2, 0) is 26.9 Å². The van der Waals surface area contributed by atoms with Gasteiger partial charge in [0.1, 0.15) is 11.9 Å². The minimum Gasteiger partial charge on any atom is -0.449 e. The summed E-state index contributed by atoms with van der Waals surface area (Å²) < 4.78 is 56.7. The highest BCUT2D eigenvalue weighted by Gasteiger charge is 2.42. The number of rotatable bonds is 6. The van der Waals surface area contributed by atoms with E-state index in [1.54, 1.807) is 33.0 Å². The quantitative estimate of drug-likeness (QED) is 0.455. The highest BCUT2D eigenvalue weighted by atomic mass is 19.4. The summed E-state index contributed by atoms with van der Waals surface area (Å²) in [5.74, 6) is 0.374. The van der Waals surface area contributed by atoms with Crippen LogP contribution < -0.4 is 4.90 Å². The molecular weight excluding hydrogens is 503 g/mol. The maximum absolute atomic E-state index is 13.4. The van der Waals surface area contributed by atoms with Gasteiger partial charge in [-0.05, 0) is 69.9 Å². The Morgan fingerprint density at radius 1 is 1.16 bits per heavy atom. The Morgan fingerprint density at radius 2 is 1.87 bits per heavy atom. The number of cyclic esters (lactones) is 1. The lowest BCUT2D eigenvalue weighted by Gasteiger charge is -2.34. The van der Waals surface area contributed by atoms with Gasteiger partial charge in [-0.1, -0.05) is 11.6 Å². The van der Waals surface area contributed by atoms with Crippen molar-refractivity contribution >= 4 is 18.0 Å². The lowest BCUT2D eigenvalue weighted by Crippen LogP contribution is -2.45. The third-order valence-corrected chi connectivity index (χ3v) is 6.82. The van der Waals surface area contributed by atoms with Crippen molar-refractivity contribution in [3.8, 4) is 0 Å². The van der Waals surface area contributed by atoms with Gasteiger partial charge in [0.05, 0.1) is 24.8 Å². The number of carbonyl (C=O) groups excluding carboxylic acids is 2. The largest absolute Gasteiger partial charge is 0.449 e. The number of hydrogen-bond donors (Lipinski definition) is 0. The Balaban J connectivity index is 1.66. The van der Waals surface area contributed by atoms with E-state index in [1.165, 1.54) is 9.80 Å². The molecule has 0 saturated carbocycles. The first kappa shape index (κ1) is 27.7. The van der Waals surface area contributed by atoms with Crippen LogP contribution in [0.4, 0.5) is 28.6 Å². The normalized spacial score (nSPS) is 20.4. The molecule has 2 amide bonds. The van der Waals surface area contributed by atoms with Crippen molar-refractivity contribution < 1.29 is 37.0 Å². The van der Waals surface area contributed by atoms with E-state index in [4.69, 9.17) is 14.2 Å². The summed E-state index contributed by atoms with van der Waals surface area (Å²) in [5, 5.41) is 0. The van der Waals surface area contributed by atoms with E-state index in [0.717, 1.165) is 17.7 Å². The molecule has 0 aliphatic carbocycles. The van der Waals surface area contributed by atoms with Gasteiger partial charge in [0, 0.05) is 31.0 Å². The molecule has 4 rings (SSSR count). The zero-order chi connectivity index (χ0) is 27.6. The monoisotopic (exact) mass is 535 g/mol. The van der Waals surface area contributed by atoms with E-state index < -0.39 is 36.1 Å². The lowest BCUT2D eigenvalue weighted by atomic mass is 9.98. The Hall–Kier alpha value is -3.34. The van der Waals surface area contributed by atoms with Crippen LogP contribution in [0.15, 0.2) is 30.5 Å². The summed E-state index contributed by atoms with van der Waals surface area (Å²) in [5.41, 5.74) is 1.33. The van der Waals surface area contributed by atoms with E-state index in [1.807, 2.05) is 13.0 Å². The second kappa shape index (κ2) is 11.2. The van der Waals surface area contributed by atoms with Crippen LogP contribution in [0, 0.1) is 13.8 Å². The molecule has 0 unspecified atom stereocenters. The predicted octanol–water partition coefficient (Wildman–Crippen LogP) is 5.94. The van der Waals surface area contributed by atoms with Crippen molar-refractivity contribution in [2.75, 3.05) is 24.7 Å². The molecule has 1 aromatic heterocycles. The molecule has 2 aliphatic heterocycles. The summed E-state index contributed by atoms with van der Waals surface area (Å²) in [4.78, 5) is 33.6. The number of alkyl halides is 3. The Bertz CT molecular complexity index is 1180. The average Bonchev–Trinajstić information content (AvgIpc) is 3.14. The van der Waals surface area contributed by atoms with Gasteiger partial charge in [0.25, 0.3) is 0 Å². The van der Waals surface area contributed by atoms with Gasteiger partial charge in [-0.3, -0.25) is 9.80 Å². The first-order chi connectivity index (χ1) is 18.0. The van der Waals surface area contributed by atoms with Crippen LogP contribution in [0.2, 0.25) is 0 Å². The Kier molecular flexibility index (Phi) is 8.15. The number of amides is 2. The summed E-state index contributed by atoms with van der Waals surface area (Å²) in [7, 11) is 0. The van der Waals surface area contributed by atoms with E-state index in [9.17, 15) is 22.8 Å². The fourth-order valence-electron chi connectivity index (χ4n) is 4.98. The Morgan fingerprint density at radius 3 is 2.53 bits per heavy atom. The van der Waals surface area contributed by atoms with Crippen LogP contribution in [0.3, 0.4) is 0 Å². The van der Waals surface area contributed by atoms with Crippen LogP contribution in [0.25, 0.3) is 0 Å². The molecule has 0 N–H and O–H groups in total. The summed E-state index contributed by atoms with van der Waals surface area (Å²) in [6, 6.07) is 4.76. The number of aromatic nitrogens is 1. The van der Waals surface area contributed by atoms with Crippen LogP contribution in [0.1, 0.15) is 60.6 Å². The molecule has 2 atom stereocenters. The lowest BCUT2D eigenvalue weighted by molar-refractivity contribution is -0.137. The number of nitrogens with zero attached hydrogens (tertiary/aromatic N) is 3. The smallest absolute Gasteiger partial charge is 0.416 e. The van der Waals surface area contributed by atoms with Gasteiger partial charge in [0.2, 0.25) is 0 Å². The molecule has 8 nitrogen and oxygen atoms in total. The number of benzene rings is 1. The van der Waals surface area contributed by atoms with Crippen molar-refractivity contribution in [2.45, 2.75) is 71.4 Å². The maximum Gasteiger partial charge on any atom is 0.416 e. The third kappa shape index (κ3) is 5.87. The zero-order valence-corrected chi connectivity index (χ0v) is 21.9. The standard InChI is InChI=1S/C27H32F3N3O5/c1-5-37-26(35)33(22-6-8-36-9-7-22)24-20(11-17(3)14-31-24)15-32-18(4)23(38-25(32)34)19-10-16(2)12-21(13-19)27(28,29)30/h10-14,18,22-23H,5-9,15H2,1-4H3/t18-,23-/m0/s1. The first-order valence-electron chi connectivity index (χ1n) is 12.6. The second-order valence-corrected chi connectivity index (χ2v) is 9.71. The summed E-state index contributed by atoms with van der Waals surface area (Å²) in [6.07, 6.45) is -3.74. The molecule has 2 aromatic rings. The SMILES string of the molecule is CCOC(=O)N(c1ncc(C)cc1CN1C(=O)O[C@H](c2cc(C)cc(C(F)(F)F)c2)[C@@H]1C)C1CCOCC1. The molecule has 38 heavy (non-hydrogen) atoms. The molecular formula is C27H32F3N3O5. The molecule has 0 bridgehead atoms. The topological polar surface area (TPSA) is 81.2 Å². The highest BCUT2D eigenvalue weighted by molar-refractivity contribution is 5.88. The van der Waals surface area contributed by atoms with E-state index in [-0.39, 0.29) is 24.8 Å². The average molecular weight is 536 g/mol. The van der Waals surface area contributed by atoms with Crippen molar-refractivity contribution in [3.05, 3.63) is 58.3 Å². The zero-order valence-electron chi connectivity index (χ0n) is 21.9. The number of hydrogen-bond acceptors (Lipinski definition) is 6. The van der Waals surface area contributed by atoms with Crippen LogP contribution >= 0.6 is 0 Å². The first-order valence-corrected chi connectivity index (χ1v) is 12.6. The minimum atomic E-state index is -4.52. The number of carbonyl (C=O) groups is 2. The molecule has 2 fully saturated rings. The van der Waals surface area contributed by atoms with E-state index >= 15 is 0 Å². The van der Waals surface area contributed by atoms with Crippen molar-refractivity contribution in [2.24, 2.45) is 0 Å². The van der Waals surface area contributed by atoms with E-state index in [2.05, 4.69) is 4.98 Å². The van der Waals surface area contributed by atoms with Gasteiger partial charge in [0.15, 0.2) is 0 Å². The number of pyridine rings is 1. The second-order valence-electron chi connectivity index (χ2n) is 9.71. The Labute approximate surface area is 219 Å². The minimum absolute atomic E-state index is 0.0532. The van der Waals surface area contributed by atoms with Gasteiger partial charge < -0.3 is 14.2 Å². The molecule has 0 spiro atoms. The number of aryl methyl sites for hydroxylation is 2. The molecule has 1 aromatic carbocycles. The predicted molar refractivity (Wildman–Crippen MR) is 133 cm³/mol. The number of halogens is 3. The summed E-state index contributed by atoms with van der Waals surface area (Å²) in [6.45, 7) is 8.11. The molecule has 2 aliphatic rings. The highest BCUT2D eigenvalue weighted by Crippen LogP contribution is 2.38. The molecule has 3 heterocycles. The third-order valence-electron chi connectivity index (χ3n) is 6.82. The van der Waals surface area contributed by atoms with E-state index in [0.29, 0.717) is 43.0 Å². The molecule has 0 radical (unpaired) electrons. The van der Waals surface area contributed by atoms with Crippen molar-refractivity contribution in [1.82, 2.24) is 9.88 Å². The fourth-order valence-corrected chi connectivity index (χ4v) is 4.98. The molecule has 11 heteroatoms. The molecule has 2 saturated heterocycles. The van der Waals surface area contributed by atoms with Gasteiger partial charge in [-0.25, -0.2) is 14.6 Å². The number of anilines is 1. The van der Waals surface area contributed by atoms with Gasteiger partial charge in [-0.2, -0.15) is 13.2 Å². The van der Waals surface area contributed by atoms with Gasteiger partial charge >= 0.3 is 18.4 Å². The van der Waals surface area contributed by atoms with Crippen molar-refractivity contribution in [3.63, 3.8) is 0 Å². The van der Waals surface area contributed by atoms with Gasteiger partial charge in [-0.15, -0.1) is 0 Å². The van der Waals surface area contributed by atoms with Crippen LogP contribution in [0.5, 0.6) is 0 Å². The number of ether oxygens (including phenoxy) is 3. The molecule has 206 valence electrons. The van der Waals surface area contributed by atoms with Crippen LogP contribution in [-0.4, -0.2) is 54.0 Å². The fraction of sp³-hybridized carbons (Fsp3) is 0.519. The maximum atomic E-state index is 13.4. The summed E-state index contributed by atoms with van der Waals surface area (Å²) >= 11 is 0. The van der Waals surface area contributed by atoms with Crippen molar-refractivity contribution in [1.29, 1.82) is 0 Å².